The van der Waals surface area contributed by atoms with E-state index in [0.717, 1.165) is 19.3 Å². The van der Waals surface area contributed by atoms with Crippen molar-refractivity contribution in [3.8, 4) is 5.75 Å². The number of hydrogen-bond acceptors (Lipinski definition) is 4. The molecule has 0 saturated heterocycles. The Morgan fingerprint density at radius 1 is 1.15 bits per heavy atom. The molecule has 4 bridgehead atoms. The minimum Gasteiger partial charge on any atom is -0.496 e. The van der Waals surface area contributed by atoms with E-state index in [1.54, 1.807) is 6.07 Å². The summed E-state index contributed by atoms with van der Waals surface area (Å²) in [6, 6.07) is 4.50. The van der Waals surface area contributed by atoms with Crippen LogP contribution in [0.2, 0.25) is 0 Å². The fourth-order valence-corrected chi connectivity index (χ4v) is 7.33. The first-order chi connectivity index (χ1) is 12.8. The molecule has 0 aliphatic heterocycles. The molecule has 4 aliphatic carbocycles. The largest absolute Gasteiger partial charge is 0.496 e. The van der Waals surface area contributed by atoms with E-state index in [1.807, 2.05) is 6.92 Å². The number of rotatable bonds is 6. The van der Waals surface area contributed by atoms with Crippen molar-refractivity contribution in [2.24, 2.45) is 17.8 Å². The summed E-state index contributed by atoms with van der Waals surface area (Å²) < 4.78 is 34.6. The second-order valence-corrected chi connectivity index (χ2v) is 10.2. The molecule has 0 heterocycles. The molecule has 27 heavy (non-hydrogen) atoms. The van der Waals surface area contributed by atoms with Gasteiger partial charge in [-0.3, -0.25) is 4.79 Å². The van der Waals surface area contributed by atoms with Gasteiger partial charge < -0.3 is 10.1 Å². The van der Waals surface area contributed by atoms with Gasteiger partial charge in [0.25, 0.3) is 5.91 Å². The number of nitrogens with one attached hydrogen (secondary N) is 2. The van der Waals surface area contributed by atoms with E-state index in [1.165, 1.54) is 38.5 Å². The molecule has 4 saturated carbocycles. The van der Waals surface area contributed by atoms with Gasteiger partial charge in [-0.1, -0.05) is 0 Å². The van der Waals surface area contributed by atoms with Gasteiger partial charge in [0.1, 0.15) is 5.75 Å². The second kappa shape index (κ2) is 6.78. The highest BCUT2D eigenvalue weighted by Crippen LogP contribution is 2.56. The maximum Gasteiger partial charge on any atom is 0.255 e. The van der Waals surface area contributed by atoms with Gasteiger partial charge in [0.15, 0.2) is 0 Å². The lowest BCUT2D eigenvalue weighted by Crippen LogP contribution is -2.59. The topological polar surface area (TPSA) is 84.5 Å². The van der Waals surface area contributed by atoms with Crippen molar-refractivity contribution in [3.63, 3.8) is 0 Å². The van der Waals surface area contributed by atoms with Crippen LogP contribution in [0.1, 0.15) is 55.8 Å². The van der Waals surface area contributed by atoms with Crippen LogP contribution in [0.4, 0.5) is 0 Å². The fraction of sp³-hybridized carbons (Fsp3) is 0.650. The Bertz CT molecular complexity index is 814. The first-order valence-electron chi connectivity index (χ1n) is 9.84. The molecule has 0 aromatic heterocycles. The van der Waals surface area contributed by atoms with Crippen LogP contribution in [-0.2, 0) is 10.0 Å². The lowest BCUT2D eigenvalue weighted by atomic mass is 9.53. The Hall–Kier alpha value is -1.60. The van der Waals surface area contributed by atoms with Crippen molar-refractivity contribution in [1.29, 1.82) is 0 Å². The van der Waals surface area contributed by atoms with E-state index in [-0.39, 0.29) is 21.9 Å². The van der Waals surface area contributed by atoms with Crippen LogP contribution >= 0.6 is 0 Å². The third-order valence-corrected chi connectivity index (χ3v) is 8.03. The molecule has 5 rings (SSSR count). The Morgan fingerprint density at radius 3 is 2.26 bits per heavy atom. The van der Waals surface area contributed by atoms with Gasteiger partial charge in [-0.05, 0) is 81.4 Å². The predicted molar refractivity (Wildman–Crippen MR) is 102 cm³/mol. The van der Waals surface area contributed by atoms with Gasteiger partial charge in [0, 0.05) is 12.1 Å². The van der Waals surface area contributed by atoms with Crippen molar-refractivity contribution < 1.29 is 17.9 Å². The molecule has 1 aromatic carbocycles. The zero-order chi connectivity index (χ0) is 19.2. The average Bonchev–Trinajstić information content (AvgIpc) is 2.59. The maximum atomic E-state index is 13.2. The molecule has 6 nitrogen and oxygen atoms in total. The summed E-state index contributed by atoms with van der Waals surface area (Å²) in [6.07, 6.45) is 6.59. The Kier molecular flexibility index (Phi) is 4.71. The highest BCUT2D eigenvalue weighted by Gasteiger charge is 2.52. The van der Waals surface area contributed by atoms with Crippen molar-refractivity contribution in [2.75, 3.05) is 13.7 Å². The van der Waals surface area contributed by atoms with Crippen LogP contribution in [0.5, 0.6) is 5.75 Å². The van der Waals surface area contributed by atoms with E-state index >= 15 is 0 Å². The first-order valence-corrected chi connectivity index (χ1v) is 11.3. The summed E-state index contributed by atoms with van der Waals surface area (Å²) in [7, 11) is -2.23. The number of methoxy groups -OCH3 is 1. The van der Waals surface area contributed by atoms with E-state index < -0.39 is 10.0 Å². The molecule has 4 aliphatic rings. The monoisotopic (exact) mass is 392 g/mol. The van der Waals surface area contributed by atoms with Crippen LogP contribution in [0.15, 0.2) is 23.1 Å². The van der Waals surface area contributed by atoms with Crippen LogP contribution in [0.25, 0.3) is 0 Å². The number of ether oxygens (including phenoxy) is 1. The standard InChI is InChI=1S/C20H28N2O4S/c1-3-21-19(23)17-9-16(4-5-18(17)26-2)27(24,25)22-20-10-13-6-14(11-20)8-15(7-13)12-20/h4-5,9,13-15,22H,3,6-8,10-12H2,1-2H3,(H,21,23). The third kappa shape index (κ3) is 3.47. The number of carbonyl (C=O) groups excluding carboxylic acids is 1. The maximum absolute atomic E-state index is 13.2. The molecule has 148 valence electrons. The Balaban J connectivity index is 1.62. The van der Waals surface area contributed by atoms with Crippen LogP contribution in [-0.4, -0.2) is 33.5 Å². The average molecular weight is 393 g/mol. The van der Waals surface area contributed by atoms with E-state index in [9.17, 15) is 13.2 Å². The Morgan fingerprint density at radius 2 is 1.74 bits per heavy atom. The summed E-state index contributed by atoms with van der Waals surface area (Å²) in [5.74, 6) is 2.00. The van der Waals surface area contributed by atoms with Crippen molar-refractivity contribution >= 4 is 15.9 Å². The molecule has 0 atom stereocenters. The number of sulfonamides is 1. The fourth-order valence-electron chi connectivity index (χ4n) is 5.87. The van der Waals surface area contributed by atoms with Crippen LogP contribution < -0.4 is 14.8 Å². The van der Waals surface area contributed by atoms with Crippen LogP contribution in [0, 0.1) is 17.8 Å². The summed E-state index contributed by atoms with van der Waals surface area (Å²) >= 11 is 0. The van der Waals surface area contributed by atoms with Gasteiger partial charge in [0.05, 0.1) is 17.6 Å². The predicted octanol–water partition coefficient (Wildman–Crippen LogP) is 2.69. The molecule has 0 spiro atoms. The minimum atomic E-state index is -3.70. The van der Waals surface area contributed by atoms with Crippen molar-refractivity contribution in [2.45, 2.75) is 55.9 Å². The lowest BCUT2D eigenvalue weighted by molar-refractivity contribution is -0.00810. The normalized spacial score (nSPS) is 31.7. The second-order valence-electron chi connectivity index (χ2n) is 8.52. The van der Waals surface area contributed by atoms with Gasteiger partial charge in [0.2, 0.25) is 10.0 Å². The number of amides is 1. The number of benzene rings is 1. The van der Waals surface area contributed by atoms with Gasteiger partial charge in [-0.2, -0.15) is 0 Å². The molecular weight excluding hydrogens is 364 g/mol. The highest BCUT2D eigenvalue weighted by atomic mass is 32.2. The SMILES string of the molecule is CCNC(=O)c1cc(S(=O)(=O)NC23CC4CC(CC(C4)C2)C3)ccc1OC. The minimum absolute atomic E-state index is 0.125. The summed E-state index contributed by atoms with van der Waals surface area (Å²) in [5.41, 5.74) is -0.0629. The summed E-state index contributed by atoms with van der Waals surface area (Å²) in [6.45, 7) is 2.28. The summed E-state index contributed by atoms with van der Waals surface area (Å²) in [5, 5.41) is 2.71. The molecule has 7 heteroatoms. The smallest absolute Gasteiger partial charge is 0.255 e. The molecule has 0 unspecified atom stereocenters. The van der Waals surface area contributed by atoms with Gasteiger partial charge >= 0.3 is 0 Å². The first kappa shape index (κ1) is 18.7. The molecule has 2 N–H and O–H groups in total. The van der Waals surface area contributed by atoms with Gasteiger partial charge in [-0.15, -0.1) is 0 Å². The van der Waals surface area contributed by atoms with E-state index in [2.05, 4.69) is 10.0 Å². The Labute approximate surface area is 161 Å². The van der Waals surface area contributed by atoms with Crippen molar-refractivity contribution in [3.05, 3.63) is 23.8 Å². The number of carbonyl (C=O) groups is 1. The molecular formula is C20H28N2O4S. The van der Waals surface area contributed by atoms with Crippen LogP contribution in [0.3, 0.4) is 0 Å². The zero-order valence-corrected chi connectivity index (χ0v) is 16.8. The number of hydrogen-bond donors (Lipinski definition) is 2. The molecule has 0 radical (unpaired) electrons. The van der Waals surface area contributed by atoms with E-state index in [4.69, 9.17) is 4.74 Å². The lowest BCUT2D eigenvalue weighted by Gasteiger charge is -2.56. The van der Waals surface area contributed by atoms with Gasteiger partial charge in [-0.25, -0.2) is 13.1 Å². The highest BCUT2D eigenvalue weighted by molar-refractivity contribution is 7.89. The molecule has 1 amide bonds. The third-order valence-electron chi connectivity index (χ3n) is 6.45. The quantitative estimate of drug-likeness (QED) is 0.780. The van der Waals surface area contributed by atoms with E-state index in [0.29, 0.717) is 30.0 Å². The summed E-state index contributed by atoms with van der Waals surface area (Å²) in [4.78, 5) is 12.4. The molecule has 4 fully saturated rings. The molecule has 1 aromatic rings. The van der Waals surface area contributed by atoms with Crippen molar-refractivity contribution in [1.82, 2.24) is 10.0 Å². The zero-order valence-electron chi connectivity index (χ0n) is 16.0.